The standard InChI is InChI=1S/C10H13NO3/c1-8(12)7-9-3-2-4-10(6-5-9)11(13)14/h2-3,5-6,13-14H,4,7H2,1H3. The Bertz CT molecular complexity index is 313. The Balaban J connectivity index is 2.76. The van der Waals surface area contributed by atoms with E-state index in [-0.39, 0.29) is 11.0 Å². The van der Waals surface area contributed by atoms with E-state index in [1.165, 1.54) is 6.92 Å². The highest BCUT2D eigenvalue weighted by Gasteiger charge is 2.04. The van der Waals surface area contributed by atoms with Gasteiger partial charge < -0.3 is 0 Å². The summed E-state index contributed by atoms with van der Waals surface area (Å²) in [5.41, 5.74) is 1.24. The number of nitrogens with zero attached hydrogens (tertiary/aromatic N) is 1. The lowest BCUT2D eigenvalue weighted by Gasteiger charge is -2.08. The molecule has 0 amide bonds. The van der Waals surface area contributed by atoms with Crippen molar-refractivity contribution in [1.82, 2.24) is 5.23 Å². The van der Waals surface area contributed by atoms with Crippen LogP contribution in [0.1, 0.15) is 19.8 Å². The van der Waals surface area contributed by atoms with Crippen LogP contribution >= 0.6 is 0 Å². The van der Waals surface area contributed by atoms with Crippen molar-refractivity contribution in [3.63, 3.8) is 0 Å². The normalized spacial score (nSPS) is 15.6. The Labute approximate surface area is 82.4 Å². The van der Waals surface area contributed by atoms with Crippen LogP contribution in [0.3, 0.4) is 0 Å². The highest BCUT2D eigenvalue weighted by molar-refractivity contribution is 5.78. The van der Waals surface area contributed by atoms with Gasteiger partial charge >= 0.3 is 0 Å². The van der Waals surface area contributed by atoms with Crippen LogP contribution in [0.2, 0.25) is 0 Å². The minimum Gasteiger partial charge on any atom is -0.300 e. The van der Waals surface area contributed by atoms with Gasteiger partial charge in [0.25, 0.3) is 0 Å². The fourth-order valence-electron chi connectivity index (χ4n) is 1.21. The number of Topliss-reactive ketones (excluding diaryl/α,β-unsaturated/α-hetero) is 1. The molecule has 0 radical (unpaired) electrons. The molecule has 4 heteroatoms. The van der Waals surface area contributed by atoms with Crippen LogP contribution in [0, 0.1) is 0 Å². The van der Waals surface area contributed by atoms with Gasteiger partial charge in [-0.2, -0.15) is 0 Å². The average molecular weight is 195 g/mol. The molecular weight excluding hydrogens is 182 g/mol. The highest BCUT2D eigenvalue weighted by atomic mass is 16.8. The fourth-order valence-corrected chi connectivity index (χ4v) is 1.21. The van der Waals surface area contributed by atoms with E-state index in [1.54, 1.807) is 18.2 Å². The summed E-state index contributed by atoms with van der Waals surface area (Å²) in [5.74, 6) is 0.0857. The molecule has 1 aliphatic rings. The van der Waals surface area contributed by atoms with Gasteiger partial charge in [0, 0.05) is 12.8 Å². The number of carbonyl (C=O) groups is 1. The molecule has 0 bridgehead atoms. The molecule has 0 spiro atoms. The van der Waals surface area contributed by atoms with Crippen LogP contribution < -0.4 is 0 Å². The van der Waals surface area contributed by atoms with Gasteiger partial charge in [0.2, 0.25) is 0 Å². The summed E-state index contributed by atoms with van der Waals surface area (Å²) in [7, 11) is 0. The monoisotopic (exact) mass is 195 g/mol. The lowest BCUT2D eigenvalue weighted by Crippen LogP contribution is -2.11. The van der Waals surface area contributed by atoms with Gasteiger partial charge in [-0.15, -0.1) is 5.23 Å². The molecule has 0 saturated heterocycles. The van der Waals surface area contributed by atoms with E-state index >= 15 is 0 Å². The van der Waals surface area contributed by atoms with Crippen LogP contribution in [-0.4, -0.2) is 21.4 Å². The van der Waals surface area contributed by atoms with Crippen molar-refractivity contribution in [2.75, 3.05) is 0 Å². The Morgan fingerprint density at radius 2 is 2.21 bits per heavy atom. The van der Waals surface area contributed by atoms with Crippen molar-refractivity contribution < 1.29 is 15.2 Å². The first-order chi connectivity index (χ1) is 6.59. The van der Waals surface area contributed by atoms with E-state index in [0.717, 1.165) is 5.57 Å². The second kappa shape index (κ2) is 4.74. The lowest BCUT2D eigenvalue weighted by molar-refractivity contribution is -0.279. The zero-order chi connectivity index (χ0) is 10.6. The second-order valence-corrected chi connectivity index (χ2v) is 3.17. The van der Waals surface area contributed by atoms with Gasteiger partial charge in [-0.05, 0) is 18.6 Å². The highest BCUT2D eigenvalue weighted by Crippen LogP contribution is 2.14. The molecule has 1 aliphatic carbocycles. The van der Waals surface area contributed by atoms with Crippen molar-refractivity contribution in [3.8, 4) is 0 Å². The third-order valence-corrected chi connectivity index (χ3v) is 1.86. The molecule has 0 unspecified atom stereocenters. The number of carbonyl (C=O) groups excluding carboxylic acids is 1. The zero-order valence-electron chi connectivity index (χ0n) is 7.97. The summed E-state index contributed by atoms with van der Waals surface area (Å²) in [5, 5.41) is 17.6. The molecule has 0 atom stereocenters. The topological polar surface area (TPSA) is 60.8 Å². The van der Waals surface area contributed by atoms with E-state index in [9.17, 15) is 4.79 Å². The van der Waals surface area contributed by atoms with Crippen molar-refractivity contribution in [2.24, 2.45) is 0 Å². The van der Waals surface area contributed by atoms with E-state index in [0.29, 0.717) is 18.5 Å². The summed E-state index contributed by atoms with van der Waals surface area (Å²) < 4.78 is 0. The molecule has 4 nitrogen and oxygen atoms in total. The van der Waals surface area contributed by atoms with Crippen LogP contribution in [0.25, 0.3) is 0 Å². The maximum atomic E-state index is 10.8. The van der Waals surface area contributed by atoms with Crippen molar-refractivity contribution in [1.29, 1.82) is 0 Å². The maximum Gasteiger partial charge on any atom is 0.134 e. The third kappa shape index (κ3) is 3.16. The number of hydroxylamine groups is 2. The van der Waals surface area contributed by atoms with Gasteiger partial charge in [-0.1, -0.05) is 18.2 Å². The second-order valence-electron chi connectivity index (χ2n) is 3.17. The molecule has 0 aromatic rings. The molecule has 1 rings (SSSR count). The van der Waals surface area contributed by atoms with E-state index < -0.39 is 0 Å². The van der Waals surface area contributed by atoms with E-state index in [2.05, 4.69) is 0 Å². The molecule has 0 heterocycles. The SMILES string of the molecule is CC(=O)CC1=CC=C(N(O)O)CC=C1. The van der Waals surface area contributed by atoms with Crippen LogP contribution in [0.5, 0.6) is 0 Å². The number of rotatable bonds is 3. The summed E-state index contributed by atoms with van der Waals surface area (Å²) >= 11 is 0. The molecule has 0 fully saturated rings. The Kier molecular flexibility index (Phi) is 3.62. The van der Waals surface area contributed by atoms with Crippen LogP contribution in [-0.2, 0) is 4.79 Å². The van der Waals surface area contributed by atoms with Gasteiger partial charge in [-0.25, -0.2) is 0 Å². The van der Waals surface area contributed by atoms with Crippen molar-refractivity contribution >= 4 is 5.78 Å². The molecule has 0 saturated carbocycles. The zero-order valence-corrected chi connectivity index (χ0v) is 7.97. The van der Waals surface area contributed by atoms with E-state index in [4.69, 9.17) is 10.4 Å². The predicted octanol–water partition coefficient (Wildman–Crippen LogP) is 1.82. The van der Waals surface area contributed by atoms with Gasteiger partial charge in [0.15, 0.2) is 0 Å². The van der Waals surface area contributed by atoms with Crippen molar-refractivity contribution in [2.45, 2.75) is 19.8 Å². The van der Waals surface area contributed by atoms with Gasteiger partial charge in [0.05, 0.1) is 5.70 Å². The third-order valence-electron chi connectivity index (χ3n) is 1.86. The van der Waals surface area contributed by atoms with Crippen LogP contribution in [0.4, 0.5) is 0 Å². The number of ketones is 1. The Hall–Kier alpha value is -1.39. The first-order valence-electron chi connectivity index (χ1n) is 4.33. The minimum atomic E-state index is 0.0857. The summed E-state index contributed by atoms with van der Waals surface area (Å²) in [4.78, 5) is 10.8. The summed E-state index contributed by atoms with van der Waals surface area (Å²) in [6.07, 6.45) is 7.70. The first kappa shape index (κ1) is 10.7. The number of allylic oxidation sites excluding steroid dienone is 5. The van der Waals surface area contributed by atoms with Crippen molar-refractivity contribution in [3.05, 3.63) is 35.6 Å². The average Bonchev–Trinajstić information content (AvgIpc) is 2.28. The molecule has 2 N–H and O–H groups in total. The largest absolute Gasteiger partial charge is 0.300 e. The number of hydrogen-bond donors (Lipinski definition) is 2. The van der Waals surface area contributed by atoms with Gasteiger partial charge in [0.1, 0.15) is 5.78 Å². The molecule has 76 valence electrons. The molecular formula is C10H13NO3. The first-order valence-corrected chi connectivity index (χ1v) is 4.33. The molecule has 14 heavy (non-hydrogen) atoms. The minimum absolute atomic E-state index is 0.0857. The van der Waals surface area contributed by atoms with Gasteiger partial charge in [-0.3, -0.25) is 15.2 Å². The smallest absolute Gasteiger partial charge is 0.134 e. The summed E-state index contributed by atoms with van der Waals surface area (Å²) in [6.45, 7) is 1.52. The quantitative estimate of drug-likeness (QED) is 0.674. The predicted molar refractivity (Wildman–Crippen MR) is 50.6 cm³/mol. The Morgan fingerprint density at radius 1 is 1.50 bits per heavy atom. The summed E-state index contributed by atoms with van der Waals surface area (Å²) in [6, 6.07) is 0. The lowest BCUT2D eigenvalue weighted by atomic mass is 10.1. The maximum absolute atomic E-state index is 10.8. The molecule has 0 aromatic heterocycles. The number of hydrogen-bond acceptors (Lipinski definition) is 4. The van der Waals surface area contributed by atoms with E-state index in [1.807, 2.05) is 6.08 Å². The Morgan fingerprint density at radius 3 is 2.79 bits per heavy atom. The molecule has 0 aromatic carbocycles. The van der Waals surface area contributed by atoms with Crippen LogP contribution in [0.15, 0.2) is 35.6 Å². The molecule has 0 aliphatic heterocycles. The fraction of sp³-hybridized carbons (Fsp3) is 0.300.